The third kappa shape index (κ3) is 6.09. The molecule has 10 heteroatoms. The predicted octanol–water partition coefficient (Wildman–Crippen LogP) is 2.43. The van der Waals surface area contributed by atoms with Crippen molar-refractivity contribution in [2.24, 2.45) is 0 Å². The Morgan fingerprint density at radius 3 is 2.35 bits per heavy atom. The average Bonchev–Trinajstić information content (AvgIpc) is 2.85. The molecule has 0 bridgehead atoms. The van der Waals surface area contributed by atoms with Crippen LogP contribution in [-0.4, -0.2) is 81.9 Å². The SMILES string of the molecule is O=C(CN1CCCCCCC1=O)Nc1cc(S(=O)(=O)N2CCCCC2)ccc1N1CCOCC1. The van der Waals surface area contributed by atoms with Crippen molar-refractivity contribution in [3.63, 3.8) is 0 Å². The molecule has 3 heterocycles. The van der Waals surface area contributed by atoms with E-state index in [0.29, 0.717) is 58.0 Å². The fraction of sp³-hybridized carbons (Fsp3) is 0.667. The number of likely N-dealkylation sites (tertiary alicyclic amines) is 1. The minimum atomic E-state index is -3.64. The van der Waals surface area contributed by atoms with Gasteiger partial charge in [0, 0.05) is 39.1 Å². The standard InChI is InChI=1S/C24H36N4O5S/c29-23(19-27-11-5-2-1-4-8-24(27)30)25-21-18-20(34(31,32)28-12-6-3-7-13-28)9-10-22(21)26-14-16-33-17-15-26/h9-10,18H,1-8,11-17,19H2,(H,25,29). The van der Waals surface area contributed by atoms with E-state index < -0.39 is 10.0 Å². The van der Waals surface area contributed by atoms with Crippen LogP contribution in [0.25, 0.3) is 0 Å². The number of ether oxygens (including phenoxy) is 1. The first-order chi connectivity index (χ1) is 16.4. The lowest BCUT2D eigenvalue weighted by atomic mass is 10.1. The largest absolute Gasteiger partial charge is 0.378 e. The summed E-state index contributed by atoms with van der Waals surface area (Å²) in [5, 5.41) is 2.93. The van der Waals surface area contributed by atoms with Crippen molar-refractivity contribution in [1.29, 1.82) is 0 Å². The van der Waals surface area contributed by atoms with Crippen LogP contribution in [0.1, 0.15) is 51.4 Å². The van der Waals surface area contributed by atoms with Crippen LogP contribution in [0.3, 0.4) is 0 Å². The molecular weight excluding hydrogens is 456 g/mol. The van der Waals surface area contributed by atoms with Crippen LogP contribution >= 0.6 is 0 Å². The second-order valence-electron chi connectivity index (χ2n) is 9.27. The van der Waals surface area contributed by atoms with E-state index in [4.69, 9.17) is 4.74 Å². The summed E-state index contributed by atoms with van der Waals surface area (Å²) < 4.78 is 33.5. The molecule has 9 nitrogen and oxygen atoms in total. The van der Waals surface area contributed by atoms with Crippen molar-refractivity contribution in [1.82, 2.24) is 9.21 Å². The molecule has 0 spiro atoms. The summed E-state index contributed by atoms with van der Waals surface area (Å²) >= 11 is 0. The summed E-state index contributed by atoms with van der Waals surface area (Å²) in [6, 6.07) is 4.98. The number of amides is 2. The van der Waals surface area contributed by atoms with Gasteiger partial charge in [0.05, 0.1) is 36.0 Å². The minimum Gasteiger partial charge on any atom is -0.378 e. The number of sulfonamides is 1. The van der Waals surface area contributed by atoms with Crippen LogP contribution in [0.2, 0.25) is 0 Å². The molecule has 4 rings (SSSR count). The number of anilines is 2. The molecule has 3 fully saturated rings. The Labute approximate surface area is 202 Å². The molecular formula is C24H36N4O5S. The van der Waals surface area contributed by atoms with E-state index in [1.165, 1.54) is 4.31 Å². The van der Waals surface area contributed by atoms with Crippen molar-refractivity contribution >= 4 is 33.2 Å². The molecule has 0 radical (unpaired) electrons. The lowest BCUT2D eigenvalue weighted by Gasteiger charge is -2.31. The molecule has 0 saturated carbocycles. The number of benzene rings is 1. The fourth-order valence-electron chi connectivity index (χ4n) is 4.86. The highest BCUT2D eigenvalue weighted by molar-refractivity contribution is 7.89. The Balaban J connectivity index is 1.56. The monoisotopic (exact) mass is 492 g/mol. The summed E-state index contributed by atoms with van der Waals surface area (Å²) in [7, 11) is -3.64. The van der Waals surface area contributed by atoms with E-state index >= 15 is 0 Å². The first kappa shape index (κ1) is 24.9. The lowest BCUT2D eigenvalue weighted by molar-refractivity contribution is -0.135. The molecule has 0 aromatic heterocycles. The van der Waals surface area contributed by atoms with Gasteiger partial charge in [0.1, 0.15) is 0 Å². The zero-order chi connectivity index (χ0) is 24.0. The van der Waals surface area contributed by atoms with Crippen molar-refractivity contribution in [3.05, 3.63) is 18.2 Å². The molecule has 1 aromatic rings. The van der Waals surface area contributed by atoms with Gasteiger partial charge >= 0.3 is 0 Å². The Morgan fingerprint density at radius 2 is 1.59 bits per heavy atom. The van der Waals surface area contributed by atoms with Gasteiger partial charge in [-0.05, 0) is 43.9 Å². The maximum atomic E-state index is 13.3. The predicted molar refractivity (Wildman–Crippen MR) is 130 cm³/mol. The van der Waals surface area contributed by atoms with E-state index in [9.17, 15) is 18.0 Å². The Bertz CT molecular complexity index is 972. The smallest absolute Gasteiger partial charge is 0.244 e. The summed E-state index contributed by atoms with van der Waals surface area (Å²) in [5.41, 5.74) is 1.23. The van der Waals surface area contributed by atoms with Gasteiger partial charge in [-0.1, -0.05) is 19.3 Å². The second-order valence-corrected chi connectivity index (χ2v) is 11.2. The molecule has 188 valence electrons. The zero-order valence-electron chi connectivity index (χ0n) is 19.8. The van der Waals surface area contributed by atoms with E-state index in [1.54, 1.807) is 23.1 Å². The topological polar surface area (TPSA) is 99.3 Å². The van der Waals surface area contributed by atoms with Crippen LogP contribution in [0.15, 0.2) is 23.1 Å². The Kier molecular flexibility index (Phi) is 8.44. The van der Waals surface area contributed by atoms with Crippen molar-refractivity contribution in [2.45, 2.75) is 56.3 Å². The maximum Gasteiger partial charge on any atom is 0.244 e. The molecule has 3 aliphatic heterocycles. The quantitative estimate of drug-likeness (QED) is 0.655. The van der Waals surface area contributed by atoms with Crippen LogP contribution in [0.4, 0.5) is 11.4 Å². The second kappa shape index (κ2) is 11.5. The highest BCUT2D eigenvalue weighted by atomic mass is 32.2. The molecule has 3 aliphatic rings. The van der Waals surface area contributed by atoms with Crippen LogP contribution < -0.4 is 10.2 Å². The van der Waals surface area contributed by atoms with E-state index in [0.717, 1.165) is 50.6 Å². The first-order valence-electron chi connectivity index (χ1n) is 12.5. The molecule has 3 saturated heterocycles. The highest BCUT2D eigenvalue weighted by Gasteiger charge is 2.28. The number of carbonyl (C=O) groups is 2. The fourth-order valence-corrected chi connectivity index (χ4v) is 6.40. The molecule has 0 aliphatic carbocycles. The normalized spacial score (nSPS) is 21.1. The molecule has 0 atom stereocenters. The van der Waals surface area contributed by atoms with Crippen molar-refractivity contribution in [3.8, 4) is 0 Å². The summed E-state index contributed by atoms with van der Waals surface area (Å²) in [5.74, 6) is -0.305. The molecule has 1 aromatic carbocycles. The molecule has 0 unspecified atom stereocenters. The van der Waals surface area contributed by atoms with Gasteiger partial charge in [-0.25, -0.2) is 8.42 Å². The Hall–Kier alpha value is -2.17. The summed E-state index contributed by atoms with van der Waals surface area (Å²) in [4.78, 5) is 29.4. The van der Waals surface area contributed by atoms with Gasteiger partial charge in [0.25, 0.3) is 0 Å². The van der Waals surface area contributed by atoms with Crippen LogP contribution in [-0.2, 0) is 24.3 Å². The van der Waals surface area contributed by atoms with Crippen LogP contribution in [0, 0.1) is 0 Å². The van der Waals surface area contributed by atoms with Gasteiger partial charge in [0.2, 0.25) is 21.8 Å². The van der Waals surface area contributed by atoms with Crippen molar-refractivity contribution in [2.75, 3.05) is 62.7 Å². The van der Waals surface area contributed by atoms with Gasteiger partial charge in [-0.3, -0.25) is 9.59 Å². The van der Waals surface area contributed by atoms with E-state index in [1.807, 2.05) is 0 Å². The number of carbonyl (C=O) groups excluding carboxylic acids is 2. The number of hydrogen-bond donors (Lipinski definition) is 1. The van der Waals surface area contributed by atoms with Gasteiger partial charge in [-0.2, -0.15) is 4.31 Å². The lowest BCUT2D eigenvalue weighted by Crippen LogP contribution is -2.40. The number of hydrogen-bond acceptors (Lipinski definition) is 6. The minimum absolute atomic E-state index is 0.00433. The third-order valence-corrected chi connectivity index (χ3v) is 8.70. The highest BCUT2D eigenvalue weighted by Crippen LogP contribution is 2.31. The first-order valence-corrected chi connectivity index (χ1v) is 13.9. The van der Waals surface area contributed by atoms with Gasteiger partial charge in [0.15, 0.2) is 0 Å². The van der Waals surface area contributed by atoms with Crippen LogP contribution in [0.5, 0.6) is 0 Å². The van der Waals surface area contributed by atoms with Gasteiger partial charge < -0.3 is 19.9 Å². The molecule has 34 heavy (non-hydrogen) atoms. The number of piperidine rings is 1. The summed E-state index contributed by atoms with van der Waals surface area (Å²) in [6.45, 7) is 4.06. The van der Waals surface area contributed by atoms with E-state index in [2.05, 4.69) is 10.2 Å². The van der Waals surface area contributed by atoms with Gasteiger partial charge in [-0.15, -0.1) is 0 Å². The number of rotatable bonds is 6. The number of nitrogens with zero attached hydrogens (tertiary/aromatic N) is 3. The third-order valence-electron chi connectivity index (χ3n) is 6.80. The zero-order valence-corrected chi connectivity index (χ0v) is 20.7. The molecule has 1 N–H and O–H groups in total. The molecule has 2 amide bonds. The maximum absolute atomic E-state index is 13.3. The number of morpholine rings is 1. The summed E-state index contributed by atoms with van der Waals surface area (Å²) in [6.07, 6.45) is 7.08. The van der Waals surface area contributed by atoms with Crippen molar-refractivity contribution < 1.29 is 22.7 Å². The average molecular weight is 493 g/mol. The number of nitrogens with one attached hydrogen (secondary N) is 1. The van der Waals surface area contributed by atoms with E-state index in [-0.39, 0.29) is 23.3 Å². The Morgan fingerprint density at radius 1 is 0.912 bits per heavy atom.